The summed E-state index contributed by atoms with van der Waals surface area (Å²) in [5.74, 6) is -0.0359. The van der Waals surface area contributed by atoms with E-state index in [0.29, 0.717) is 12.1 Å². The van der Waals surface area contributed by atoms with Gasteiger partial charge in [0.05, 0.1) is 0 Å². The van der Waals surface area contributed by atoms with Gasteiger partial charge in [-0.15, -0.1) is 0 Å². The largest absolute Gasteiger partial charge is 0.400 e. The average Bonchev–Trinajstić information content (AvgIpc) is 2.59. The highest BCUT2D eigenvalue weighted by Gasteiger charge is 2.31. The van der Waals surface area contributed by atoms with Gasteiger partial charge in [-0.25, -0.2) is 0 Å². The topological polar surface area (TPSA) is 81.1 Å². The number of alkyl halides is 2. The summed E-state index contributed by atoms with van der Waals surface area (Å²) in [4.78, 5) is 10.5. The maximum atomic E-state index is 10.5. The quantitative estimate of drug-likeness (QED) is 0.513. The Morgan fingerprint density at radius 1 is 1.00 bits per heavy atom. The van der Waals surface area contributed by atoms with Crippen molar-refractivity contribution in [3.63, 3.8) is 0 Å². The number of nitrogens with one attached hydrogen (secondary N) is 1. The smallest absolute Gasteiger partial charge is 0.221 e. The zero-order valence-corrected chi connectivity index (χ0v) is 15.9. The summed E-state index contributed by atoms with van der Waals surface area (Å²) in [5, 5.41) is 2.67. The molecule has 3 rings (SSSR count). The first-order valence-corrected chi connectivity index (χ1v) is 8.77. The molecule has 0 saturated heterocycles. The van der Waals surface area contributed by atoms with E-state index in [1.165, 1.54) is 6.92 Å². The number of nitrogens with two attached hydrogens (primary N) is 2. The first-order valence-electron chi connectivity index (χ1n) is 8.01. The van der Waals surface area contributed by atoms with E-state index in [2.05, 4.69) is 5.32 Å². The summed E-state index contributed by atoms with van der Waals surface area (Å²) in [5.41, 5.74) is 15.5. The van der Waals surface area contributed by atoms with Crippen molar-refractivity contribution in [1.82, 2.24) is 0 Å². The van der Waals surface area contributed by atoms with Gasteiger partial charge in [-0.3, -0.25) is 4.79 Å². The lowest BCUT2D eigenvalue weighted by molar-refractivity contribution is -0.114. The van der Waals surface area contributed by atoms with Crippen molar-refractivity contribution in [1.29, 1.82) is 0 Å². The van der Waals surface area contributed by atoms with Gasteiger partial charge in [0, 0.05) is 30.4 Å². The molecule has 0 aromatic heterocycles. The second-order valence-electron chi connectivity index (χ2n) is 5.86. The maximum absolute atomic E-state index is 10.5. The third-order valence-corrected chi connectivity index (χ3v) is 4.38. The molecule has 1 aliphatic carbocycles. The van der Waals surface area contributed by atoms with E-state index in [0.717, 1.165) is 22.5 Å². The molecule has 6 heteroatoms. The highest BCUT2D eigenvalue weighted by Crippen LogP contribution is 2.40. The van der Waals surface area contributed by atoms with E-state index in [1.54, 1.807) is 6.08 Å². The van der Waals surface area contributed by atoms with E-state index < -0.39 is 4.33 Å². The Hall–Kier alpha value is -2.43. The van der Waals surface area contributed by atoms with Crippen LogP contribution in [0.15, 0.2) is 72.4 Å². The molecule has 2 aromatic rings. The lowest BCUT2D eigenvalue weighted by Crippen LogP contribution is -2.25. The lowest BCUT2D eigenvalue weighted by atomic mass is 9.95. The van der Waals surface area contributed by atoms with Crippen LogP contribution >= 0.6 is 23.2 Å². The molecule has 4 nitrogen and oxygen atoms in total. The van der Waals surface area contributed by atoms with Crippen LogP contribution in [0.4, 0.5) is 11.4 Å². The molecule has 0 radical (unpaired) electrons. The minimum atomic E-state index is -1.01. The molecule has 0 bridgehead atoms. The number of rotatable bonds is 2. The number of hydrogen-bond donors (Lipinski definition) is 3. The van der Waals surface area contributed by atoms with Crippen molar-refractivity contribution in [2.45, 2.75) is 17.7 Å². The molecular weight excluding hydrogens is 369 g/mol. The predicted molar refractivity (Wildman–Crippen MR) is 111 cm³/mol. The maximum Gasteiger partial charge on any atom is 0.221 e. The van der Waals surface area contributed by atoms with Crippen molar-refractivity contribution < 1.29 is 4.79 Å². The van der Waals surface area contributed by atoms with Crippen molar-refractivity contribution in [3.8, 4) is 0 Å². The molecule has 5 N–H and O–H groups in total. The molecule has 26 heavy (non-hydrogen) atoms. The Kier molecular flexibility index (Phi) is 6.72. The van der Waals surface area contributed by atoms with Gasteiger partial charge < -0.3 is 16.8 Å². The molecule has 2 aromatic carbocycles. The molecular formula is C20H21Cl2N3O. The second kappa shape index (κ2) is 8.79. The zero-order chi connectivity index (χ0) is 19.2. The number of carbonyl (C=O) groups excluding carboxylic acids is 1. The van der Waals surface area contributed by atoms with Crippen LogP contribution in [-0.4, -0.2) is 10.2 Å². The third kappa shape index (κ3) is 5.83. The molecule has 0 saturated carbocycles. The third-order valence-electron chi connectivity index (χ3n) is 3.67. The Balaban J connectivity index is 0.000000209. The van der Waals surface area contributed by atoms with Crippen LogP contribution in [0.2, 0.25) is 0 Å². The monoisotopic (exact) mass is 389 g/mol. The molecule has 0 fully saturated rings. The van der Waals surface area contributed by atoms with Gasteiger partial charge in [0.2, 0.25) is 5.91 Å². The fraction of sp³-hybridized carbons (Fsp3) is 0.150. The van der Waals surface area contributed by atoms with Gasteiger partial charge in [0.15, 0.2) is 4.33 Å². The molecule has 136 valence electrons. The standard InChI is InChI=1S/C12H12Cl2N2.C8H9NO/c13-12(14)7-9(3-6-11(12)16)8-1-4-10(15)5-2-8;1-7(10)9-8-5-3-2-4-6-8/h1-6H,7,15-16H2;2-6H,1H3,(H,9,10). The molecule has 0 aliphatic heterocycles. The average molecular weight is 390 g/mol. The van der Waals surface area contributed by atoms with Gasteiger partial charge in [0.25, 0.3) is 0 Å². The predicted octanol–water partition coefficient (Wildman–Crippen LogP) is 4.72. The lowest BCUT2D eigenvalue weighted by Gasteiger charge is -2.25. The minimum Gasteiger partial charge on any atom is -0.400 e. The highest BCUT2D eigenvalue weighted by atomic mass is 35.5. The number of benzene rings is 2. The summed E-state index contributed by atoms with van der Waals surface area (Å²) < 4.78 is -1.01. The molecule has 0 atom stereocenters. The number of anilines is 2. The first-order chi connectivity index (χ1) is 12.3. The molecule has 1 amide bonds. The molecule has 0 spiro atoms. The fourth-order valence-corrected chi connectivity index (χ4v) is 2.75. The van der Waals surface area contributed by atoms with Crippen LogP contribution in [0.5, 0.6) is 0 Å². The Morgan fingerprint density at radius 2 is 1.62 bits per heavy atom. The second-order valence-corrected chi connectivity index (χ2v) is 7.35. The number of hydrogen-bond acceptors (Lipinski definition) is 3. The Labute approximate surface area is 163 Å². The summed E-state index contributed by atoms with van der Waals surface area (Å²) in [7, 11) is 0. The number of allylic oxidation sites excluding steroid dienone is 4. The molecule has 1 aliphatic rings. The van der Waals surface area contributed by atoms with E-state index in [4.69, 9.17) is 34.7 Å². The van der Waals surface area contributed by atoms with Gasteiger partial charge in [0.1, 0.15) is 0 Å². The van der Waals surface area contributed by atoms with E-state index in [-0.39, 0.29) is 5.91 Å². The SMILES string of the molecule is CC(=O)Nc1ccccc1.NC1=CC=C(c2ccc(N)cc2)CC1(Cl)Cl. The summed E-state index contributed by atoms with van der Waals surface area (Å²) in [6.07, 6.45) is 4.18. The number of halogens is 2. The van der Waals surface area contributed by atoms with Crippen molar-refractivity contribution in [3.05, 3.63) is 78.0 Å². The Morgan fingerprint density at radius 3 is 2.15 bits per heavy atom. The van der Waals surface area contributed by atoms with Crippen molar-refractivity contribution >= 4 is 46.1 Å². The number of para-hydroxylation sites is 1. The number of nitrogen functional groups attached to an aromatic ring is 1. The first kappa shape index (κ1) is 19.9. The van der Waals surface area contributed by atoms with Crippen LogP contribution < -0.4 is 16.8 Å². The van der Waals surface area contributed by atoms with Gasteiger partial charge in [-0.1, -0.05) is 59.6 Å². The van der Waals surface area contributed by atoms with E-state index >= 15 is 0 Å². The molecule has 0 unspecified atom stereocenters. The summed E-state index contributed by atoms with van der Waals surface area (Å²) in [6.45, 7) is 1.49. The zero-order valence-electron chi connectivity index (χ0n) is 14.4. The number of amides is 1. The van der Waals surface area contributed by atoms with Crippen molar-refractivity contribution in [2.24, 2.45) is 5.73 Å². The summed E-state index contributed by atoms with van der Waals surface area (Å²) >= 11 is 12.2. The van der Waals surface area contributed by atoms with Crippen molar-refractivity contribution in [2.75, 3.05) is 11.1 Å². The molecule has 0 heterocycles. The van der Waals surface area contributed by atoms with E-state index in [1.807, 2.05) is 60.7 Å². The van der Waals surface area contributed by atoms with Crippen LogP contribution in [0, 0.1) is 0 Å². The Bertz CT molecular complexity index is 813. The van der Waals surface area contributed by atoms with Gasteiger partial charge in [-0.05, 0) is 41.5 Å². The van der Waals surface area contributed by atoms with Crippen LogP contribution in [0.25, 0.3) is 5.57 Å². The summed E-state index contributed by atoms with van der Waals surface area (Å²) in [6, 6.07) is 17.0. The highest BCUT2D eigenvalue weighted by molar-refractivity contribution is 6.51. The van der Waals surface area contributed by atoms with Crippen LogP contribution in [0.3, 0.4) is 0 Å². The van der Waals surface area contributed by atoms with Gasteiger partial charge >= 0.3 is 0 Å². The number of carbonyl (C=O) groups is 1. The van der Waals surface area contributed by atoms with Crippen LogP contribution in [-0.2, 0) is 4.79 Å². The van der Waals surface area contributed by atoms with Crippen LogP contribution in [0.1, 0.15) is 18.9 Å². The fourth-order valence-electron chi connectivity index (χ4n) is 2.33. The normalized spacial score (nSPS) is 15.0. The van der Waals surface area contributed by atoms with E-state index in [9.17, 15) is 4.79 Å². The van der Waals surface area contributed by atoms with Gasteiger partial charge in [-0.2, -0.15) is 0 Å². The minimum absolute atomic E-state index is 0.0359.